The number of morpholine rings is 1. The molecule has 0 bridgehead atoms. The van der Waals surface area contributed by atoms with Crippen LogP contribution < -0.4 is 5.73 Å². The molecule has 2 saturated heterocycles. The Bertz CT molecular complexity index is 231. The highest BCUT2D eigenvalue weighted by Crippen LogP contribution is 2.16. The molecule has 0 amide bonds. The van der Waals surface area contributed by atoms with Crippen molar-refractivity contribution in [3.05, 3.63) is 0 Å². The number of hydrogen-bond acceptors (Lipinski definition) is 4. The van der Waals surface area contributed by atoms with Gasteiger partial charge in [-0.25, -0.2) is 0 Å². The zero-order valence-electron chi connectivity index (χ0n) is 9.02. The summed E-state index contributed by atoms with van der Waals surface area (Å²) in [5, 5.41) is 0. The van der Waals surface area contributed by atoms with Crippen molar-refractivity contribution in [2.24, 2.45) is 5.73 Å². The molecule has 15 heavy (non-hydrogen) atoms. The molecule has 86 valence electrons. The highest BCUT2D eigenvalue weighted by atomic mass is 32.1. The van der Waals surface area contributed by atoms with Crippen LogP contribution in [0.25, 0.3) is 0 Å². The molecule has 0 saturated carbocycles. The van der Waals surface area contributed by atoms with Gasteiger partial charge in [0.15, 0.2) is 0 Å². The normalized spacial score (nSPS) is 29.5. The molecular formula is C10H19N3OS. The van der Waals surface area contributed by atoms with Crippen LogP contribution in [-0.4, -0.2) is 66.8 Å². The third-order valence-corrected chi connectivity index (χ3v) is 3.32. The molecule has 0 aromatic rings. The van der Waals surface area contributed by atoms with E-state index in [1.807, 2.05) is 0 Å². The van der Waals surface area contributed by atoms with Gasteiger partial charge in [-0.3, -0.25) is 9.80 Å². The summed E-state index contributed by atoms with van der Waals surface area (Å²) < 4.78 is 5.35. The zero-order chi connectivity index (χ0) is 10.7. The van der Waals surface area contributed by atoms with Crippen LogP contribution in [-0.2, 0) is 4.74 Å². The summed E-state index contributed by atoms with van der Waals surface area (Å²) >= 11 is 4.93. The van der Waals surface area contributed by atoms with Gasteiger partial charge < -0.3 is 10.5 Å². The van der Waals surface area contributed by atoms with Crippen LogP contribution in [0.15, 0.2) is 0 Å². The second-order valence-corrected chi connectivity index (χ2v) is 4.82. The van der Waals surface area contributed by atoms with E-state index in [4.69, 9.17) is 22.7 Å². The van der Waals surface area contributed by atoms with Crippen LogP contribution in [0.1, 0.15) is 6.42 Å². The van der Waals surface area contributed by atoms with Gasteiger partial charge in [0.25, 0.3) is 0 Å². The van der Waals surface area contributed by atoms with Crippen LogP contribution in [0.3, 0.4) is 0 Å². The Morgan fingerprint density at radius 2 is 2.07 bits per heavy atom. The van der Waals surface area contributed by atoms with Crippen molar-refractivity contribution >= 4 is 17.2 Å². The Morgan fingerprint density at radius 1 is 1.33 bits per heavy atom. The molecule has 0 aromatic heterocycles. The number of rotatable bonds is 3. The molecule has 5 heteroatoms. The second-order valence-electron chi connectivity index (χ2n) is 4.29. The van der Waals surface area contributed by atoms with Gasteiger partial charge in [-0.1, -0.05) is 12.2 Å². The Balaban J connectivity index is 1.78. The van der Waals surface area contributed by atoms with Crippen LogP contribution in [0.5, 0.6) is 0 Å². The number of ether oxygens (including phenoxy) is 1. The lowest BCUT2D eigenvalue weighted by atomic mass is 10.2. The number of likely N-dealkylation sites (tertiary alicyclic amines) is 1. The first-order chi connectivity index (χ1) is 7.25. The molecule has 2 rings (SSSR count). The standard InChI is InChI=1S/C10H19N3OS/c11-10(15)8-12-2-1-9(7-12)13-3-5-14-6-4-13/h9H,1-8H2,(H2,11,15). The van der Waals surface area contributed by atoms with Gasteiger partial charge in [0, 0.05) is 38.8 Å². The molecule has 2 heterocycles. The Labute approximate surface area is 96.3 Å². The van der Waals surface area contributed by atoms with Crippen molar-refractivity contribution in [2.45, 2.75) is 12.5 Å². The minimum Gasteiger partial charge on any atom is -0.392 e. The predicted molar refractivity (Wildman–Crippen MR) is 64.0 cm³/mol. The average molecular weight is 229 g/mol. The molecular weight excluding hydrogens is 210 g/mol. The number of hydrogen-bond donors (Lipinski definition) is 1. The van der Waals surface area contributed by atoms with Crippen molar-refractivity contribution in [1.82, 2.24) is 9.80 Å². The van der Waals surface area contributed by atoms with Crippen LogP contribution in [0.4, 0.5) is 0 Å². The van der Waals surface area contributed by atoms with Gasteiger partial charge in [-0.05, 0) is 6.42 Å². The lowest BCUT2D eigenvalue weighted by Crippen LogP contribution is -2.45. The van der Waals surface area contributed by atoms with E-state index in [0.29, 0.717) is 11.0 Å². The van der Waals surface area contributed by atoms with Crippen molar-refractivity contribution < 1.29 is 4.74 Å². The summed E-state index contributed by atoms with van der Waals surface area (Å²) in [5.41, 5.74) is 5.55. The first kappa shape index (κ1) is 11.3. The van der Waals surface area contributed by atoms with Gasteiger partial charge in [0.2, 0.25) is 0 Å². The molecule has 0 aromatic carbocycles. The van der Waals surface area contributed by atoms with E-state index in [0.717, 1.165) is 45.9 Å². The summed E-state index contributed by atoms with van der Waals surface area (Å²) in [4.78, 5) is 5.49. The molecule has 2 N–H and O–H groups in total. The van der Waals surface area contributed by atoms with E-state index in [9.17, 15) is 0 Å². The van der Waals surface area contributed by atoms with E-state index >= 15 is 0 Å². The number of nitrogens with zero attached hydrogens (tertiary/aromatic N) is 2. The lowest BCUT2D eigenvalue weighted by molar-refractivity contribution is 0.0188. The fourth-order valence-electron chi connectivity index (χ4n) is 2.42. The molecule has 1 atom stereocenters. The highest BCUT2D eigenvalue weighted by molar-refractivity contribution is 7.80. The van der Waals surface area contributed by atoms with Crippen molar-refractivity contribution in [1.29, 1.82) is 0 Å². The molecule has 2 aliphatic rings. The van der Waals surface area contributed by atoms with Crippen molar-refractivity contribution in [2.75, 3.05) is 45.9 Å². The minimum atomic E-state index is 0.609. The van der Waals surface area contributed by atoms with Gasteiger partial charge in [0.05, 0.1) is 18.2 Å². The molecule has 0 aliphatic carbocycles. The van der Waals surface area contributed by atoms with Crippen molar-refractivity contribution in [3.8, 4) is 0 Å². The number of nitrogens with two attached hydrogens (primary N) is 1. The minimum absolute atomic E-state index is 0.609. The fourth-order valence-corrected chi connectivity index (χ4v) is 2.60. The topological polar surface area (TPSA) is 41.7 Å². The molecule has 4 nitrogen and oxygen atoms in total. The van der Waals surface area contributed by atoms with E-state index in [1.54, 1.807) is 0 Å². The third kappa shape index (κ3) is 3.11. The Hall–Kier alpha value is -0.230. The predicted octanol–water partition coefficient (Wildman–Crippen LogP) is -0.321. The Morgan fingerprint density at radius 3 is 2.73 bits per heavy atom. The Kier molecular flexibility index (Phi) is 3.91. The van der Waals surface area contributed by atoms with Crippen LogP contribution >= 0.6 is 12.2 Å². The third-order valence-electron chi connectivity index (χ3n) is 3.19. The summed E-state index contributed by atoms with van der Waals surface area (Å²) in [5.74, 6) is 0. The average Bonchev–Trinajstić information content (AvgIpc) is 2.67. The molecule has 0 spiro atoms. The van der Waals surface area contributed by atoms with Gasteiger partial charge in [-0.2, -0.15) is 0 Å². The maximum absolute atomic E-state index is 5.55. The highest BCUT2D eigenvalue weighted by Gasteiger charge is 2.28. The largest absolute Gasteiger partial charge is 0.392 e. The first-order valence-corrected chi connectivity index (χ1v) is 5.99. The zero-order valence-corrected chi connectivity index (χ0v) is 9.84. The summed E-state index contributed by atoms with van der Waals surface area (Å²) in [6, 6.07) is 0.684. The summed E-state index contributed by atoms with van der Waals surface area (Å²) in [6.07, 6.45) is 1.24. The number of thiocarbonyl (C=S) groups is 1. The van der Waals surface area contributed by atoms with Gasteiger partial charge in [-0.15, -0.1) is 0 Å². The molecule has 1 unspecified atom stereocenters. The van der Waals surface area contributed by atoms with Gasteiger partial charge >= 0.3 is 0 Å². The molecule has 2 fully saturated rings. The molecule has 0 radical (unpaired) electrons. The quantitative estimate of drug-likeness (QED) is 0.672. The van der Waals surface area contributed by atoms with E-state index in [2.05, 4.69) is 9.80 Å². The molecule has 2 aliphatic heterocycles. The maximum Gasteiger partial charge on any atom is 0.0870 e. The lowest BCUT2D eigenvalue weighted by Gasteiger charge is -2.32. The summed E-state index contributed by atoms with van der Waals surface area (Å²) in [6.45, 7) is 6.92. The summed E-state index contributed by atoms with van der Waals surface area (Å²) in [7, 11) is 0. The smallest absolute Gasteiger partial charge is 0.0870 e. The van der Waals surface area contributed by atoms with Crippen LogP contribution in [0.2, 0.25) is 0 Å². The van der Waals surface area contributed by atoms with E-state index in [-0.39, 0.29) is 0 Å². The monoisotopic (exact) mass is 229 g/mol. The first-order valence-electron chi connectivity index (χ1n) is 5.58. The second kappa shape index (κ2) is 5.21. The maximum atomic E-state index is 5.55. The van der Waals surface area contributed by atoms with Crippen molar-refractivity contribution in [3.63, 3.8) is 0 Å². The van der Waals surface area contributed by atoms with Gasteiger partial charge in [0.1, 0.15) is 0 Å². The fraction of sp³-hybridized carbons (Fsp3) is 0.900. The SMILES string of the molecule is NC(=S)CN1CCC(N2CCOCC2)C1. The van der Waals surface area contributed by atoms with E-state index in [1.165, 1.54) is 6.42 Å². The van der Waals surface area contributed by atoms with E-state index < -0.39 is 0 Å². The van der Waals surface area contributed by atoms with Crippen LogP contribution in [0, 0.1) is 0 Å².